The first-order valence-corrected chi connectivity index (χ1v) is 3.39. The minimum atomic E-state index is -0.746. The Morgan fingerprint density at radius 1 is 1.82 bits per heavy atom. The molecule has 0 saturated carbocycles. The molecule has 0 saturated heterocycles. The Bertz CT molecular complexity index is 242. The zero-order valence-corrected chi connectivity index (χ0v) is 6.66. The fourth-order valence-electron chi connectivity index (χ4n) is 0.933. The predicted octanol–water partition coefficient (Wildman–Crippen LogP) is 0.149. The summed E-state index contributed by atoms with van der Waals surface area (Å²) in [5.74, 6) is 0.657. The van der Waals surface area contributed by atoms with Crippen molar-refractivity contribution < 1.29 is 9.63 Å². The maximum Gasteiger partial charge on any atom is 0.138 e. The van der Waals surface area contributed by atoms with Gasteiger partial charge in [0.15, 0.2) is 0 Å². The van der Waals surface area contributed by atoms with Gasteiger partial charge in [0.1, 0.15) is 5.76 Å². The van der Waals surface area contributed by atoms with E-state index in [1.807, 2.05) is 0 Å². The van der Waals surface area contributed by atoms with Crippen molar-refractivity contribution in [1.82, 2.24) is 5.16 Å². The summed E-state index contributed by atoms with van der Waals surface area (Å²) in [5, 5.41) is 12.5. The minimum Gasteiger partial charge on any atom is -0.394 e. The Hall–Kier alpha value is -0.870. The molecule has 1 aromatic rings. The highest BCUT2D eigenvalue weighted by Gasteiger charge is 2.24. The average molecular weight is 156 g/mol. The second-order valence-corrected chi connectivity index (χ2v) is 2.87. The maximum absolute atomic E-state index is 8.90. The average Bonchev–Trinajstić information content (AvgIpc) is 2.36. The number of hydrogen-bond donors (Lipinski definition) is 2. The lowest BCUT2D eigenvalue weighted by Crippen LogP contribution is -2.37. The van der Waals surface area contributed by atoms with Crippen LogP contribution >= 0.6 is 0 Å². The first kappa shape index (κ1) is 8.23. The van der Waals surface area contributed by atoms with E-state index in [-0.39, 0.29) is 6.61 Å². The molecule has 1 heterocycles. The van der Waals surface area contributed by atoms with Crippen molar-refractivity contribution in [2.24, 2.45) is 5.73 Å². The maximum atomic E-state index is 8.90. The molecule has 4 heteroatoms. The summed E-state index contributed by atoms with van der Waals surface area (Å²) in [6.45, 7) is 3.38. The SMILES string of the molecule is Cc1oncc1C(C)(N)CO. The van der Waals surface area contributed by atoms with E-state index in [2.05, 4.69) is 5.16 Å². The fourth-order valence-corrected chi connectivity index (χ4v) is 0.933. The monoisotopic (exact) mass is 156 g/mol. The summed E-state index contributed by atoms with van der Waals surface area (Å²) in [7, 11) is 0. The van der Waals surface area contributed by atoms with Crippen LogP contribution in [0.1, 0.15) is 18.2 Å². The Kier molecular flexibility index (Phi) is 1.97. The van der Waals surface area contributed by atoms with Gasteiger partial charge in [-0.05, 0) is 13.8 Å². The van der Waals surface area contributed by atoms with Crippen molar-refractivity contribution >= 4 is 0 Å². The van der Waals surface area contributed by atoms with E-state index in [0.29, 0.717) is 5.76 Å². The first-order valence-electron chi connectivity index (χ1n) is 3.39. The number of hydrogen-bond acceptors (Lipinski definition) is 4. The molecule has 0 radical (unpaired) electrons. The van der Waals surface area contributed by atoms with Crippen LogP contribution in [0, 0.1) is 6.92 Å². The summed E-state index contributed by atoms with van der Waals surface area (Å²) >= 11 is 0. The highest BCUT2D eigenvalue weighted by atomic mass is 16.5. The number of aliphatic hydroxyl groups is 1. The number of nitrogens with two attached hydrogens (primary N) is 1. The largest absolute Gasteiger partial charge is 0.394 e. The van der Waals surface area contributed by atoms with Gasteiger partial charge in [-0.15, -0.1) is 0 Å². The van der Waals surface area contributed by atoms with Crippen molar-refractivity contribution in [1.29, 1.82) is 0 Å². The van der Waals surface area contributed by atoms with Crippen LogP contribution in [0.4, 0.5) is 0 Å². The zero-order valence-electron chi connectivity index (χ0n) is 6.66. The molecule has 0 aliphatic heterocycles. The molecule has 3 N–H and O–H groups in total. The Labute approximate surface area is 65.0 Å². The minimum absolute atomic E-state index is 0.116. The van der Waals surface area contributed by atoms with Gasteiger partial charge in [0.2, 0.25) is 0 Å². The standard InChI is InChI=1S/C7H12N2O2/c1-5-6(3-9-11-5)7(2,8)4-10/h3,10H,4,8H2,1-2H3. The molecule has 0 spiro atoms. The molecule has 1 rings (SSSR count). The molecule has 4 nitrogen and oxygen atoms in total. The number of aryl methyl sites for hydroxylation is 1. The smallest absolute Gasteiger partial charge is 0.138 e. The van der Waals surface area contributed by atoms with Gasteiger partial charge >= 0.3 is 0 Å². The quantitative estimate of drug-likeness (QED) is 0.639. The van der Waals surface area contributed by atoms with E-state index in [9.17, 15) is 0 Å². The first-order chi connectivity index (χ1) is 5.08. The highest BCUT2D eigenvalue weighted by Crippen LogP contribution is 2.19. The fraction of sp³-hybridized carbons (Fsp3) is 0.571. The van der Waals surface area contributed by atoms with Crippen LogP contribution in [-0.4, -0.2) is 16.9 Å². The molecule has 1 unspecified atom stereocenters. The van der Waals surface area contributed by atoms with Crippen molar-refractivity contribution in [3.8, 4) is 0 Å². The van der Waals surface area contributed by atoms with Crippen LogP contribution in [0.25, 0.3) is 0 Å². The number of rotatable bonds is 2. The number of nitrogens with zero attached hydrogens (tertiary/aromatic N) is 1. The molecule has 0 aromatic carbocycles. The van der Waals surface area contributed by atoms with E-state index >= 15 is 0 Å². The van der Waals surface area contributed by atoms with Gasteiger partial charge < -0.3 is 15.4 Å². The Morgan fingerprint density at radius 3 is 2.82 bits per heavy atom. The second-order valence-electron chi connectivity index (χ2n) is 2.87. The molecule has 1 atom stereocenters. The number of aliphatic hydroxyl groups excluding tert-OH is 1. The molecule has 1 aromatic heterocycles. The normalized spacial score (nSPS) is 16.4. The summed E-state index contributed by atoms with van der Waals surface area (Å²) in [6.07, 6.45) is 1.53. The van der Waals surface area contributed by atoms with Crippen molar-refractivity contribution in [3.63, 3.8) is 0 Å². The number of aromatic nitrogens is 1. The lowest BCUT2D eigenvalue weighted by Gasteiger charge is -2.19. The topological polar surface area (TPSA) is 72.3 Å². The van der Waals surface area contributed by atoms with E-state index in [0.717, 1.165) is 5.56 Å². The van der Waals surface area contributed by atoms with Crippen LogP contribution in [0.5, 0.6) is 0 Å². The van der Waals surface area contributed by atoms with Crippen LogP contribution in [0.3, 0.4) is 0 Å². The van der Waals surface area contributed by atoms with Crippen LogP contribution in [-0.2, 0) is 5.54 Å². The van der Waals surface area contributed by atoms with Crippen molar-refractivity contribution in [2.45, 2.75) is 19.4 Å². The molecular weight excluding hydrogens is 144 g/mol. The van der Waals surface area contributed by atoms with Gasteiger partial charge in [-0.25, -0.2) is 0 Å². The van der Waals surface area contributed by atoms with Gasteiger partial charge in [0.25, 0.3) is 0 Å². The lowest BCUT2D eigenvalue weighted by atomic mass is 9.96. The van der Waals surface area contributed by atoms with E-state index < -0.39 is 5.54 Å². The third kappa shape index (κ3) is 1.41. The van der Waals surface area contributed by atoms with E-state index in [1.165, 1.54) is 6.20 Å². The molecule has 62 valence electrons. The van der Waals surface area contributed by atoms with Gasteiger partial charge in [-0.1, -0.05) is 5.16 Å². The Balaban J connectivity index is 3.00. The third-order valence-electron chi connectivity index (χ3n) is 1.69. The molecule has 0 bridgehead atoms. The molecule has 0 fully saturated rings. The van der Waals surface area contributed by atoms with E-state index in [4.69, 9.17) is 15.4 Å². The summed E-state index contributed by atoms with van der Waals surface area (Å²) in [4.78, 5) is 0. The predicted molar refractivity (Wildman–Crippen MR) is 39.9 cm³/mol. The second kappa shape index (κ2) is 2.64. The molecule has 0 aliphatic carbocycles. The Morgan fingerprint density at radius 2 is 2.45 bits per heavy atom. The molecule has 0 aliphatic rings. The molecular formula is C7H12N2O2. The van der Waals surface area contributed by atoms with Crippen molar-refractivity contribution in [3.05, 3.63) is 17.5 Å². The van der Waals surface area contributed by atoms with Gasteiger partial charge in [0, 0.05) is 5.56 Å². The summed E-state index contributed by atoms with van der Waals surface area (Å²) in [6, 6.07) is 0. The highest BCUT2D eigenvalue weighted by molar-refractivity contribution is 5.21. The summed E-state index contributed by atoms with van der Waals surface area (Å²) in [5.41, 5.74) is 5.74. The van der Waals surface area contributed by atoms with E-state index in [1.54, 1.807) is 13.8 Å². The molecule has 11 heavy (non-hydrogen) atoms. The van der Waals surface area contributed by atoms with Gasteiger partial charge in [-0.2, -0.15) is 0 Å². The van der Waals surface area contributed by atoms with Crippen molar-refractivity contribution in [2.75, 3.05) is 6.61 Å². The third-order valence-corrected chi connectivity index (χ3v) is 1.69. The summed E-state index contributed by atoms with van der Waals surface area (Å²) < 4.78 is 4.81. The van der Waals surface area contributed by atoms with Gasteiger partial charge in [-0.3, -0.25) is 0 Å². The zero-order chi connectivity index (χ0) is 8.48. The van der Waals surface area contributed by atoms with Crippen LogP contribution in [0.2, 0.25) is 0 Å². The lowest BCUT2D eigenvalue weighted by molar-refractivity contribution is 0.208. The van der Waals surface area contributed by atoms with Crippen LogP contribution in [0.15, 0.2) is 10.7 Å². The van der Waals surface area contributed by atoms with Crippen LogP contribution < -0.4 is 5.73 Å². The molecule has 0 amide bonds. The van der Waals surface area contributed by atoms with Gasteiger partial charge in [0.05, 0.1) is 18.3 Å².